The largest absolute Gasteiger partial charge is 0.324 e. The van der Waals surface area contributed by atoms with Crippen molar-refractivity contribution in [3.05, 3.63) is 0 Å². The van der Waals surface area contributed by atoms with E-state index in [0.717, 1.165) is 13.1 Å². The van der Waals surface area contributed by atoms with Gasteiger partial charge in [0, 0.05) is 24.5 Å². The van der Waals surface area contributed by atoms with E-state index in [0.29, 0.717) is 0 Å². The molecule has 0 spiro atoms. The molecule has 3 heteroatoms. The predicted octanol–water partition coefficient (Wildman–Crippen LogP) is 0.235. The normalized spacial score (nSPS) is 42.6. The fraction of sp³-hybridized carbons (Fsp3) is 1.00. The first-order valence-corrected chi connectivity index (χ1v) is 3.59. The summed E-state index contributed by atoms with van der Waals surface area (Å²) in [4.78, 5) is 2.07. The highest BCUT2D eigenvalue weighted by Crippen LogP contribution is 2.23. The lowest BCUT2D eigenvalue weighted by molar-refractivity contribution is 0.290. The van der Waals surface area contributed by atoms with Crippen LogP contribution in [0.3, 0.4) is 0 Å². The van der Waals surface area contributed by atoms with Crippen molar-refractivity contribution in [1.82, 2.24) is 4.90 Å². The van der Waals surface area contributed by atoms with E-state index in [1.165, 1.54) is 0 Å². The molecule has 0 aromatic rings. The first kappa shape index (κ1) is 7.95. The second kappa shape index (κ2) is 2.47. The van der Waals surface area contributed by atoms with Gasteiger partial charge in [0.1, 0.15) is 0 Å². The monoisotopic (exact) mass is 146 g/mol. The molecule has 2 N–H and O–H groups in total. The van der Waals surface area contributed by atoms with Gasteiger partial charge in [0.15, 0.2) is 0 Å². The number of hydrogen-bond acceptors (Lipinski definition) is 2. The van der Waals surface area contributed by atoms with Crippen LogP contribution in [0.5, 0.6) is 0 Å². The van der Waals surface area contributed by atoms with E-state index in [-0.39, 0.29) is 18.1 Å². The predicted molar refractivity (Wildman–Crippen MR) is 39.6 cm³/mol. The lowest BCUT2D eigenvalue weighted by atomic mass is 9.92. The summed E-state index contributed by atoms with van der Waals surface area (Å²) in [6, 6.07) is 0. The molecule has 0 aromatic carbocycles. The van der Waals surface area contributed by atoms with Gasteiger partial charge in [-0.2, -0.15) is 0 Å². The summed E-state index contributed by atoms with van der Waals surface area (Å²) in [7, 11) is 1.97. The zero-order chi connectivity index (χ0) is 7.78. The van der Waals surface area contributed by atoms with Crippen LogP contribution in [0, 0.1) is 5.92 Å². The van der Waals surface area contributed by atoms with E-state index in [9.17, 15) is 4.39 Å². The molecule has 0 bridgehead atoms. The van der Waals surface area contributed by atoms with Gasteiger partial charge in [-0.15, -0.1) is 0 Å². The summed E-state index contributed by atoms with van der Waals surface area (Å²) in [5.41, 5.74) is 5.53. The maximum atomic E-state index is 12.3. The minimum Gasteiger partial charge on any atom is -0.324 e. The summed E-state index contributed by atoms with van der Waals surface area (Å²) in [6.07, 6.45) is 0. The van der Waals surface area contributed by atoms with Crippen molar-refractivity contribution >= 4 is 0 Å². The Morgan fingerprint density at radius 1 is 1.80 bits per heavy atom. The Hall–Kier alpha value is -0.150. The van der Waals surface area contributed by atoms with E-state index in [1.807, 2.05) is 14.0 Å². The minimum atomic E-state index is -0.316. The molecule has 0 aromatic heterocycles. The Balaban J connectivity index is 2.58. The van der Waals surface area contributed by atoms with Crippen LogP contribution in [0.2, 0.25) is 0 Å². The molecule has 1 saturated heterocycles. The Morgan fingerprint density at radius 3 is 2.60 bits per heavy atom. The summed E-state index contributed by atoms with van der Waals surface area (Å²) >= 11 is 0. The number of likely N-dealkylation sites (N-methyl/N-ethyl adjacent to an activating group) is 1. The highest BCUT2D eigenvalue weighted by Gasteiger charge is 2.37. The van der Waals surface area contributed by atoms with Gasteiger partial charge in [0.2, 0.25) is 0 Å². The Morgan fingerprint density at radius 2 is 2.40 bits per heavy atom. The highest BCUT2D eigenvalue weighted by atomic mass is 19.1. The van der Waals surface area contributed by atoms with Crippen LogP contribution in [-0.4, -0.2) is 37.3 Å². The minimum absolute atomic E-state index is 0.0255. The molecule has 0 aliphatic carbocycles. The molecule has 2 nitrogen and oxygen atoms in total. The number of nitrogens with two attached hydrogens (primary N) is 1. The molecular formula is C7H15FN2. The van der Waals surface area contributed by atoms with Gasteiger partial charge >= 0.3 is 0 Å². The molecule has 60 valence electrons. The number of halogens is 1. The first-order valence-electron chi connectivity index (χ1n) is 3.59. The number of alkyl halides is 1. The van der Waals surface area contributed by atoms with Crippen LogP contribution in [0.15, 0.2) is 0 Å². The highest BCUT2D eigenvalue weighted by molar-refractivity contribution is 4.96. The number of hydrogen-bond donors (Lipinski definition) is 1. The Bertz CT molecular complexity index is 125. The smallest absolute Gasteiger partial charge is 0.0952 e. The molecular weight excluding hydrogens is 131 g/mol. The van der Waals surface area contributed by atoms with Gasteiger partial charge in [-0.25, -0.2) is 0 Å². The van der Waals surface area contributed by atoms with Gasteiger partial charge in [0.05, 0.1) is 6.67 Å². The number of nitrogens with zero attached hydrogens (tertiary/aromatic N) is 1. The van der Waals surface area contributed by atoms with E-state index in [4.69, 9.17) is 5.73 Å². The van der Waals surface area contributed by atoms with E-state index in [1.54, 1.807) is 0 Å². The first-order chi connectivity index (χ1) is 4.56. The Labute approximate surface area is 61.2 Å². The maximum absolute atomic E-state index is 12.3. The lowest BCUT2D eigenvalue weighted by Crippen LogP contribution is -2.45. The van der Waals surface area contributed by atoms with Crippen molar-refractivity contribution in [2.45, 2.75) is 12.5 Å². The average molecular weight is 146 g/mol. The van der Waals surface area contributed by atoms with Crippen LogP contribution in [0.4, 0.5) is 4.39 Å². The van der Waals surface area contributed by atoms with Crippen LogP contribution < -0.4 is 5.73 Å². The second-order valence-electron chi connectivity index (χ2n) is 3.55. The molecule has 0 saturated carbocycles. The van der Waals surface area contributed by atoms with Crippen LogP contribution in [-0.2, 0) is 0 Å². The molecule has 10 heavy (non-hydrogen) atoms. The van der Waals surface area contributed by atoms with Crippen molar-refractivity contribution < 1.29 is 4.39 Å². The molecule has 1 heterocycles. The van der Waals surface area contributed by atoms with Crippen LogP contribution >= 0.6 is 0 Å². The summed E-state index contributed by atoms with van der Waals surface area (Å²) < 4.78 is 12.3. The zero-order valence-electron chi connectivity index (χ0n) is 6.60. The average Bonchev–Trinajstić information content (AvgIpc) is 2.04. The topological polar surface area (TPSA) is 29.3 Å². The van der Waals surface area contributed by atoms with Crippen molar-refractivity contribution in [2.75, 3.05) is 26.8 Å². The number of likely N-dealkylation sites (tertiary alicyclic amines) is 1. The molecule has 1 fully saturated rings. The second-order valence-corrected chi connectivity index (χ2v) is 3.55. The van der Waals surface area contributed by atoms with E-state index in [2.05, 4.69) is 4.90 Å². The fourth-order valence-electron chi connectivity index (χ4n) is 1.59. The third-order valence-corrected chi connectivity index (χ3v) is 2.26. The van der Waals surface area contributed by atoms with Gasteiger partial charge < -0.3 is 10.6 Å². The molecule has 1 aliphatic heterocycles. The van der Waals surface area contributed by atoms with E-state index >= 15 is 0 Å². The van der Waals surface area contributed by atoms with Crippen molar-refractivity contribution in [3.8, 4) is 0 Å². The maximum Gasteiger partial charge on any atom is 0.0952 e. The Kier molecular flexibility index (Phi) is 1.97. The third-order valence-electron chi connectivity index (χ3n) is 2.26. The van der Waals surface area contributed by atoms with Crippen molar-refractivity contribution in [3.63, 3.8) is 0 Å². The number of rotatable bonds is 1. The fourth-order valence-corrected chi connectivity index (χ4v) is 1.59. The van der Waals surface area contributed by atoms with Crippen LogP contribution in [0.25, 0.3) is 0 Å². The standard InChI is InChI=1S/C7H15FN2/c1-7(9)5-10(2)4-6(7)3-8/h6H,3-5,9H2,1-2H3. The molecule has 2 unspecified atom stereocenters. The SMILES string of the molecule is CN1CC(CF)C(C)(N)C1. The van der Waals surface area contributed by atoms with Gasteiger partial charge in [0.25, 0.3) is 0 Å². The summed E-state index contributed by atoms with van der Waals surface area (Å²) in [5.74, 6) is 0.0255. The molecule has 0 radical (unpaired) electrons. The molecule has 2 atom stereocenters. The molecule has 0 amide bonds. The van der Waals surface area contributed by atoms with Crippen molar-refractivity contribution in [1.29, 1.82) is 0 Å². The van der Waals surface area contributed by atoms with Gasteiger partial charge in [-0.05, 0) is 14.0 Å². The lowest BCUT2D eigenvalue weighted by Gasteiger charge is -2.22. The van der Waals surface area contributed by atoms with E-state index < -0.39 is 0 Å². The quantitative estimate of drug-likeness (QED) is 0.574. The summed E-state index contributed by atoms with van der Waals surface area (Å²) in [5, 5.41) is 0. The van der Waals surface area contributed by atoms with Crippen LogP contribution in [0.1, 0.15) is 6.92 Å². The summed E-state index contributed by atoms with van der Waals surface area (Å²) in [6.45, 7) is 3.23. The van der Waals surface area contributed by atoms with Gasteiger partial charge in [-0.1, -0.05) is 0 Å². The third kappa shape index (κ3) is 1.30. The molecule has 1 rings (SSSR count). The molecule has 1 aliphatic rings. The van der Waals surface area contributed by atoms with Gasteiger partial charge in [-0.3, -0.25) is 4.39 Å². The van der Waals surface area contributed by atoms with Crippen molar-refractivity contribution in [2.24, 2.45) is 11.7 Å². The zero-order valence-corrected chi connectivity index (χ0v) is 6.60.